The van der Waals surface area contributed by atoms with Crippen LogP contribution < -0.4 is 0 Å². The second-order valence-corrected chi connectivity index (χ2v) is 9.35. The molecule has 0 N–H and O–H groups in total. The number of ether oxygens (including phenoxy) is 6. The highest BCUT2D eigenvalue weighted by atomic mass is 16.6. The van der Waals surface area contributed by atoms with Crippen molar-refractivity contribution in [3.05, 3.63) is 73.2 Å². The molecule has 10 nitrogen and oxygen atoms in total. The van der Waals surface area contributed by atoms with Gasteiger partial charge < -0.3 is 38.2 Å². The van der Waals surface area contributed by atoms with Crippen LogP contribution in [0, 0.1) is 5.92 Å². The predicted molar refractivity (Wildman–Crippen MR) is 157 cm³/mol. The maximum Gasteiger partial charge on any atom is 0.330 e. The van der Waals surface area contributed by atoms with E-state index in [9.17, 15) is 9.59 Å². The van der Waals surface area contributed by atoms with Gasteiger partial charge in [0.15, 0.2) is 0 Å². The molecule has 2 heterocycles. The average molecular weight is 575 g/mol. The molecule has 0 spiro atoms. The molecule has 0 saturated carbocycles. The molecule has 2 aliphatic rings. The van der Waals surface area contributed by atoms with Gasteiger partial charge >= 0.3 is 11.9 Å². The van der Waals surface area contributed by atoms with E-state index in [1.54, 1.807) is 0 Å². The molecule has 0 aromatic carbocycles. The van der Waals surface area contributed by atoms with Gasteiger partial charge in [0, 0.05) is 50.5 Å². The third-order valence-electron chi connectivity index (χ3n) is 6.31. The SMILES string of the molecule is C=CC(=O)OCCOCCOCCOCCOCCCN1C=C(C(C)C2=CC=CN(CCOC(=O)C=C)C2)C=CC1. The molecule has 0 aromatic heterocycles. The lowest BCUT2D eigenvalue weighted by atomic mass is 9.90. The first-order valence-electron chi connectivity index (χ1n) is 14.2. The van der Waals surface area contributed by atoms with E-state index in [1.165, 1.54) is 17.2 Å². The molecule has 0 saturated heterocycles. The second-order valence-electron chi connectivity index (χ2n) is 9.35. The Hall–Kier alpha value is -3.18. The fraction of sp³-hybridized carbons (Fsp3) is 0.548. The third-order valence-corrected chi connectivity index (χ3v) is 6.31. The molecule has 41 heavy (non-hydrogen) atoms. The smallest absolute Gasteiger partial charge is 0.330 e. The summed E-state index contributed by atoms with van der Waals surface area (Å²) in [5.41, 5.74) is 2.61. The Morgan fingerprint density at radius 2 is 1.41 bits per heavy atom. The summed E-state index contributed by atoms with van der Waals surface area (Å²) in [6.45, 7) is 16.8. The largest absolute Gasteiger partial charge is 0.461 e. The summed E-state index contributed by atoms with van der Waals surface area (Å²) in [4.78, 5) is 26.6. The van der Waals surface area contributed by atoms with Crippen molar-refractivity contribution in [2.45, 2.75) is 13.3 Å². The van der Waals surface area contributed by atoms with Gasteiger partial charge in [-0.1, -0.05) is 38.3 Å². The first-order chi connectivity index (χ1) is 20.0. The molecule has 0 bridgehead atoms. The van der Waals surface area contributed by atoms with Crippen LogP contribution in [-0.4, -0.2) is 114 Å². The van der Waals surface area contributed by atoms with Crippen molar-refractivity contribution in [1.29, 1.82) is 0 Å². The lowest BCUT2D eigenvalue weighted by Gasteiger charge is -2.30. The zero-order valence-corrected chi connectivity index (χ0v) is 24.4. The van der Waals surface area contributed by atoms with Gasteiger partial charge in [0.25, 0.3) is 0 Å². The van der Waals surface area contributed by atoms with Gasteiger partial charge in [-0.05, 0) is 29.8 Å². The summed E-state index contributed by atoms with van der Waals surface area (Å²) >= 11 is 0. The summed E-state index contributed by atoms with van der Waals surface area (Å²) in [5, 5.41) is 0. The van der Waals surface area contributed by atoms with Crippen molar-refractivity contribution in [3.63, 3.8) is 0 Å². The van der Waals surface area contributed by atoms with E-state index in [-0.39, 0.29) is 12.5 Å². The van der Waals surface area contributed by atoms with Crippen LogP contribution >= 0.6 is 0 Å². The molecule has 0 aliphatic carbocycles. The molecular formula is C31H46N2O8. The number of rotatable bonds is 23. The maximum absolute atomic E-state index is 11.3. The lowest BCUT2D eigenvalue weighted by Crippen LogP contribution is -2.29. The zero-order valence-electron chi connectivity index (χ0n) is 24.4. The van der Waals surface area contributed by atoms with Crippen LogP contribution in [0.5, 0.6) is 0 Å². The Kier molecular flexibility index (Phi) is 17.9. The summed E-state index contributed by atoms with van der Waals surface area (Å²) < 4.78 is 31.9. The van der Waals surface area contributed by atoms with E-state index in [0.717, 1.165) is 32.1 Å². The average Bonchev–Trinajstić information content (AvgIpc) is 3.00. The topological polar surface area (TPSA) is 96.0 Å². The van der Waals surface area contributed by atoms with E-state index in [1.807, 2.05) is 6.20 Å². The minimum Gasteiger partial charge on any atom is -0.461 e. The fourth-order valence-electron chi connectivity index (χ4n) is 4.03. The molecule has 1 unspecified atom stereocenters. The van der Waals surface area contributed by atoms with Crippen molar-refractivity contribution < 1.29 is 38.0 Å². The first kappa shape index (κ1) is 34.0. The van der Waals surface area contributed by atoms with E-state index >= 15 is 0 Å². The van der Waals surface area contributed by atoms with Gasteiger partial charge in [0.2, 0.25) is 0 Å². The normalized spacial score (nSPS) is 15.2. The van der Waals surface area contributed by atoms with Crippen LogP contribution in [0.2, 0.25) is 0 Å². The van der Waals surface area contributed by atoms with Gasteiger partial charge in [-0.2, -0.15) is 0 Å². The number of allylic oxidation sites excluding steroid dienone is 4. The van der Waals surface area contributed by atoms with Gasteiger partial charge in [-0.15, -0.1) is 0 Å². The molecule has 0 amide bonds. The molecule has 0 fully saturated rings. The van der Waals surface area contributed by atoms with Crippen molar-refractivity contribution in [2.24, 2.45) is 5.92 Å². The van der Waals surface area contributed by atoms with Crippen LogP contribution in [0.3, 0.4) is 0 Å². The van der Waals surface area contributed by atoms with E-state index < -0.39 is 11.9 Å². The quantitative estimate of drug-likeness (QED) is 0.103. The monoisotopic (exact) mass is 574 g/mol. The molecule has 0 radical (unpaired) electrons. The number of hydrogen-bond acceptors (Lipinski definition) is 10. The highest BCUT2D eigenvalue weighted by Crippen LogP contribution is 2.26. The van der Waals surface area contributed by atoms with E-state index in [2.05, 4.69) is 60.4 Å². The fourth-order valence-corrected chi connectivity index (χ4v) is 4.03. The van der Waals surface area contributed by atoms with E-state index in [0.29, 0.717) is 66.0 Å². The number of carbonyl (C=O) groups excluding carboxylic acids is 2. The minimum atomic E-state index is -0.453. The van der Waals surface area contributed by atoms with Gasteiger partial charge in [-0.25, -0.2) is 9.59 Å². The van der Waals surface area contributed by atoms with Gasteiger partial charge in [0.1, 0.15) is 13.2 Å². The first-order valence-corrected chi connectivity index (χ1v) is 14.2. The molecule has 228 valence electrons. The Balaban J connectivity index is 1.48. The zero-order chi connectivity index (χ0) is 29.5. The Morgan fingerprint density at radius 3 is 2.05 bits per heavy atom. The second kappa shape index (κ2) is 21.6. The Morgan fingerprint density at radius 1 is 0.829 bits per heavy atom. The van der Waals surface area contributed by atoms with Crippen molar-refractivity contribution in [2.75, 3.05) is 92.2 Å². The summed E-state index contributed by atoms with van der Waals surface area (Å²) in [7, 11) is 0. The molecular weight excluding hydrogens is 528 g/mol. The van der Waals surface area contributed by atoms with Crippen LogP contribution in [0.1, 0.15) is 13.3 Å². The molecule has 1 atom stereocenters. The molecule has 0 aromatic rings. The summed E-state index contributed by atoms with van der Waals surface area (Å²) in [6, 6.07) is 0. The number of hydrogen-bond donors (Lipinski definition) is 0. The number of esters is 2. The Bertz CT molecular complexity index is 927. The molecule has 2 aliphatic heterocycles. The van der Waals surface area contributed by atoms with Crippen molar-refractivity contribution in [3.8, 4) is 0 Å². The molecule has 2 rings (SSSR count). The Labute approximate surface area is 244 Å². The number of nitrogens with zero attached hydrogens (tertiary/aromatic N) is 2. The van der Waals surface area contributed by atoms with E-state index in [4.69, 9.17) is 28.4 Å². The van der Waals surface area contributed by atoms with Crippen LogP contribution in [-0.2, 0) is 38.0 Å². The lowest BCUT2D eigenvalue weighted by molar-refractivity contribution is -0.139. The van der Waals surface area contributed by atoms with Crippen LogP contribution in [0.25, 0.3) is 0 Å². The number of carbonyl (C=O) groups is 2. The standard InChI is InChI=1S/C31H46N2O8/c1-4-30(34)40-16-14-33-12-7-10-29(26-33)27(3)28-9-6-11-32(25-28)13-8-15-36-17-18-37-19-20-38-21-22-39-23-24-41-31(35)5-2/h4-7,9-10,12,25,27H,1-2,8,11,13-24,26H2,3H3. The summed E-state index contributed by atoms with van der Waals surface area (Å²) in [5.74, 6) is -0.558. The predicted octanol–water partition coefficient (Wildman–Crippen LogP) is 3.05. The van der Waals surface area contributed by atoms with Crippen LogP contribution in [0.4, 0.5) is 0 Å². The highest BCUT2D eigenvalue weighted by Gasteiger charge is 2.18. The maximum atomic E-state index is 11.3. The molecule has 10 heteroatoms. The van der Waals surface area contributed by atoms with Gasteiger partial charge in [-0.3, -0.25) is 0 Å². The highest BCUT2D eigenvalue weighted by molar-refractivity contribution is 5.81. The van der Waals surface area contributed by atoms with Crippen molar-refractivity contribution >= 4 is 11.9 Å². The third kappa shape index (κ3) is 15.4. The van der Waals surface area contributed by atoms with Gasteiger partial charge in [0.05, 0.1) is 52.8 Å². The summed E-state index contributed by atoms with van der Waals surface area (Å²) in [6.07, 6.45) is 16.2. The van der Waals surface area contributed by atoms with Crippen LogP contribution in [0.15, 0.2) is 73.2 Å². The minimum absolute atomic E-state index is 0.204. The van der Waals surface area contributed by atoms with Crippen molar-refractivity contribution in [1.82, 2.24) is 9.80 Å².